The van der Waals surface area contributed by atoms with E-state index in [1.165, 1.54) is 6.42 Å². The Labute approximate surface area is 115 Å². The largest absolute Gasteiger partial charge is 0.490 e. The van der Waals surface area contributed by atoms with E-state index >= 15 is 0 Å². The number of ether oxygens (including phenoxy) is 1. The van der Waals surface area contributed by atoms with Crippen LogP contribution in [0.3, 0.4) is 0 Å². The summed E-state index contributed by atoms with van der Waals surface area (Å²) in [7, 11) is 0. The van der Waals surface area contributed by atoms with Crippen molar-refractivity contribution in [1.29, 1.82) is 5.41 Å². The molecular formula is C16H24N2O. The molecule has 1 aromatic carbocycles. The number of nitrogens with two attached hydrogens (primary N) is 1. The van der Waals surface area contributed by atoms with Crippen molar-refractivity contribution >= 4 is 5.84 Å². The lowest BCUT2D eigenvalue weighted by Gasteiger charge is -2.31. The van der Waals surface area contributed by atoms with Gasteiger partial charge in [-0.3, -0.25) is 5.41 Å². The second-order valence-corrected chi connectivity index (χ2v) is 6.05. The Balaban J connectivity index is 2.07. The SMILES string of the molecule is Cc1cc(OC2CC(C)CC(C)C2)ccc1C(=N)N. The van der Waals surface area contributed by atoms with Gasteiger partial charge in [0, 0.05) is 5.56 Å². The molecule has 1 saturated carbocycles. The molecule has 3 N–H and O–H groups in total. The molecule has 2 rings (SSSR count). The van der Waals surface area contributed by atoms with Gasteiger partial charge in [-0.1, -0.05) is 13.8 Å². The number of hydrogen-bond donors (Lipinski definition) is 2. The first kappa shape index (κ1) is 13.9. The van der Waals surface area contributed by atoms with E-state index in [9.17, 15) is 0 Å². The lowest BCUT2D eigenvalue weighted by Crippen LogP contribution is -2.28. The molecule has 2 unspecified atom stereocenters. The second kappa shape index (κ2) is 5.64. The first-order chi connectivity index (χ1) is 8.95. The van der Waals surface area contributed by atoms with Crippen LogP contribution in [0.4, 0.5) is 0 Å². The molecule has 1 aromatic rings. The van der Waals surface area contributed by atoms with Crippen LogP contribution in [0, 0.1) is 24.2 Å². The smallest absolute Gasteiger partial charge is 0.123 e. The lowest BCUT2D eigenvalue weighted by atomic mass is 9.82. The maximum absolute atomic E-state index is 7.49. The van der Waals surface area contributed by atoms with Gasteiger partial charge in [-0.2, -0.15) is 0 Å². The molecule has 0 aliphatic heterocycles. The van der Waals surface area contributed by atoms with E-state index in [0.29, 0.717) is 6.10 Å². The Morgan fingerprint density at radius 2 is 1.84 bits per heavy atom. The van der Waals surface area contributed by atoms with Crippen molar-refractivity contribution in [3.63, 3.8) is 0 Å². The summed E-state index contributed by atoms with van der Waals surface area (Å²) in [5.41, 5.74) is 7.32. The van der Waals surface area contributed by atoms with Crippen LogP contribution in [0.1, 0.15) is 44.2 Å². The van der Waals surface area contributed by atoms with Crippen molar-refractivity contribution in [1.82, 2.24) is 0 Å². The summed E-state index contributed by atoms with van der Waals surface area (Å²) < 4.78 is 6.10. The summed E-state index contributed by atoms with van der Waals surface area (Å²) in [5.74, 6) is 2.50. The number of rotatable bonds is 3. The molecule has 2 atom stereocenters. The van der Waals surface area contributed by atoms with Crippen LogP contribution in [0.5, 0.6) is 5.75 Å². The Morgan fingerprint density at radius 1 is 1.21 bits per heavy atom. The molecule has 0 heterocycles. The van der Waals surface area contributed by atoms with Crippen molar-refractivity contribution < 1.29 is 4.74 Å². The third-order valence-corrected chi connectivity index (χ3v) is 3.93. The van der Waals surface area contributed by atoms with Crippen molar-refractivity contribution in [2.75, 3.05) is 0 Å². The summed E-state index contributed by atoms with van der Waals surface area (Å²) in [6.45, 7) is 6.57. The predicted molar refractivity (Wildman–Crippen MR) is 78.8 cm³/mol. The van der Waals surface area contributed by atoms with E-state index in [1.807, 2.05) is 25.1 Å². The molecule has 0 radical (unpaired) electrons. The van der Waals surface area contributed by atoms with E-state index in [4.69, 9.17) is 15.9 Å². The van der Waals surface area contributed by atoms with Gasteiger partial charge in [0.05, 0.1) is 6.10 Å². The highest BCUT2D eigenvalue weighted by molar-refractivity contribution is 5.96. The van der Waals surface area contributed by atoms with E-state index in [1.54, 1.807) is 0 Å². The Kier molecular flexibility index (Phi) is 4.13. The Morgan fingerprint density at radius 3 is 2.37 bits per heavy atom. The van der Waals surface area contributed by atoms with Crippen molar-refractivity contribution in [3.05, 3.63) is 29.3 Å². The zero-order valence-corrected chi connectivity index (χ0v) is 12.1. The molecule has 3 nitrogen and oxygen atoms in total. The van der Waals surface area contributed by atoms with Gasteiger partial charge in [0.15, 0.2) is 0 Å². The van der Waals surface area contributed by atoms with Gasteiger partial charge in [-0.25, -0.2) is 0 Å². The molecule has 0 amide bonds. The molecule has 0 aromatic heterocycles. The fourth-order valence-electron chi connectivity index (χ4n) is 3.17. The zero-order valence-electron chi connectivity index (χ0n) is 12.1. The van der Waals surface area contributed by atoms with E-state index in [0.717, 1.165) is 41.6 Å². The van der Waals surface area contributed by atoms with Crippen LogP contribution in [-0.2, 0) is 0 Å². The van der Waals surface area contributed by atoms with Gasteiger partial charge >= 0.3 is 0 Å². The van der Waals surface area contributed by atoms with Gasteiger partial charge in [0.25, 0.3) is 0 Å². The molecule has 1 aliphatic carbocycles. The number of hydrogen-bond acceptors (Lipinski definition) is 2. The highest BCUT2D eigenvalue weighted by Crippen LogP contribution is 2.31. The number of nitrogen functional groups attached to an aromatic ring is 1. The minimum Gasteiger partial charge on any atom is -0.490 e. The summed E-state index contributed by atoms with van der Waals surface area (Å²) in [5, 5.41) is 7.49. The fourth-order valence-corrected chi connectivity index (χ4v) is 3.17. The van der Waals surface area contributed by atoms with Gasteiger partial charge in [-0.15, -0.1) is 0 Å². The summed E-state index contributed by atoms with van der Waals surface area (Å²) in [6.07, 6.45) is 3.90. The second-order valence-electron chi connectivity index (χ2n) is 6.05. The maximum atomic E-state index is 7.49. The number of amidine groups is 1. The Bertz CT molecular complexity index is 460. The molecule has 0 saturated heterocycles. The average Bonchev–Trinajstić information content (AvgIpc) is 2.26. The molecule has 1 fully saturated rings. The molecular weight excluding hydrogens is 236 g/mol. The maximum Gasteiger partial charge on any atom is 0.123 e. The zero-order chi connectivity index (χ0) is 14.0. The molecule has 0 bridgehead atoms. The van der Waals surface area contributed by atoms with E-state index in [2.05, 4.69) is 13.8 Å². The minimum absolute atomic E-state index is 0.115. The highest BCUT2D eigenvalue weighted by atomic mass is 16.5. The topological polar surface area (TPSA) is 59.1 Å². The van der Waals surface area contributed by atoms with E-state index < -0.39 is 0 Å². The Hall–Kier alpha value is -1.51. The standard InChI is InChI=1S/C16H24N2O/c1-10-6-11(2)8-14(7-10)19-13-4-5-15(16(17)18)12(3)9-13/h4-5,9-11,14H,6-8H2,1-3H3,(H3,17,18). The quantitative estimate of drug-likeness (QED) is 0.645. The third kappa shape index (κ3) is 3.49. The van der Waals surface area contributed by atoms with Crippen molar-refractivity contribution in [2.45, 2.75) is 46.1 Å². The highest BCUT2D eigenvalue weighted by Gasteiger charge is 2.25. The number of nitrogens with one attached hydrogen (secondary N) is 1. The van der Waals surface area contributed by atoms with Crippen LogP contribution < -0.4 is 10.5 Å². The number of aryl methyl sites for hydroxylation is 1. The minimum atomic E-state index is 0.115. The van der Waals surface area contributed by atoms with Crippen LogP contribution >= 0.6 is 0 Å². The van der Waals surface area contributed by atoms with E-state index in [-0.39, 0.29) is 5.84 Å². The van der Waals surface area contributed by atoms with Gasteiger partial charge < -0.3 is 10.5 Å². The van der Waals surface area contributed by atoms with Gasteiger partial charge in [-0.05, 0) is 61.8 Å². The number of benzene rings is 1. The average molecular weight is 260 g/mol. The van der Waals surface area contributed by atoms with Crippen molar-refractivity contribution in [2.24, 2.45) is 17.6 Å². The molecule has 104 valence electrons. The van der Waals surface area contributed by atoms with Crippen LogP contribution in [-0.4, -0.2) is 11.9 Å². The molecule has 3 heteroatoms. The molecule has 1 aliphatic rings. The lowest BCUT2D eigenvalue weighted by molar-refractivity contribution is 0.101. The van der Waals surface area contributed by atoms with Crippen LogP contribution in [0.25, 0.3) is 0 Å². The fraction of sp³-hybridized carbons (Fsp3) is 0.562. The van der Waals surface area contributed by atoms with Crippen LogP contribution in [0.2, 0.25) is 0 Å². The normalized spacial score (nSPS) is 27.0. The first-order valence-electron chi connectivity index (χ1n) is 7.07. The molecule has 0 spiro atoms. The van der Waals surface area contributed by atoms with Crippen LogP contribution in [0.15, 0.2) is 18.2 Å². The van der Waals surface area contributed by atoms with Gasteiger partial charge in [0.1, 0.15) is 11.6 Å². The summed E-state index contributed by atoms with van der Waals surface area (Å²) in [4.78, 5) is 0. The summed E-state index contributed by atoms with van der Waals surface area (Å²) >= 11 is 0. The molecule has 19 heavy (non-hydrogen) atoms. The van der Waals surface area contributed by atoms with Gasteiger partial charge in [0.2, 0.25) is 0 Å². The third-order valence-electron chi connectivity index (χ3n) is 3.93. The summed E-state index contributed by atoms with van der Waals surface area (Å²) in [6, 6.07) is 5.79. The van der Waals surface area contributed by atoms with Crippen molar-refractivity contribution in [3.8, 4) is 5.75 Å². The first-order valence-corrected chi connectivity index (χ1v) is 7.07. The predicted octanol–water partition coefficient (Wildman–Crippen LogP) is 3.48. The monoisotopic (exact) mass is 260 g/mol.